The summed E-state index contributed by atoms with van der Waals surface area (Å²) >= 11 is -24.1. The van der Waals surface area contributed by atoms with Crippen molar-refractivity contribution in [3.63, 3.8) is 0 Å². The molecule has 0 aliphatic heterocycles. The van der Waals surface area contributed by atoms with Crippen molar-refractivity contribution < 1.29 is 180 Å². The van der Waals surface area contributed by atoms with Gasteiger partial charge in [0.25, 0.3) is 0 Å². The van der Waals surface area contributed by atoms with E-state index in [1.807, 2.05) is 0 Å². The molecule has 0 aliphatic carbocycles. The first kappa shape index (κ1) is 39.7. The monoisotopic (exact) mass is 975 g/mol. The Kier molecular flexibility index (Phi) is 30.9. The number of hydrogen-bond acceptors (Lipinski definition) is 16. The van der Waals surface area contributed by atoms with Crippen LogP contribution in [0.4, 0.5) is 0 Å². The molecule has 22 heavy (non-hydrogen) atoms. The van der Waals surface area contributed by atoms with Crippen LogP contribution in [-0.2, 0) is 120 Å². The molecule has 0 saturated carbocycles. The molecule has 0 aromatic carbocycles. The third kappa shape index (κ3) is 1460. The maximum atomic E-state index is 8.63. The summed E-state index contributed by atoms with van der Waals surface area (Å²) in [6, 6.07) is 0. The third-order valence-electron chi connectivity index (χ3n) is 0. The topological polar surface area (TPSA) is 321 Å². The summed E-state index contributed by atoms with van der Waals surface area (Å²) < 4.78 is 138. The Balaban J connectivity index is -0.0000000376. The first-order valence-corrected chi connectivity index (χ1v) is 15.8. The fraction of sp³-hybridized carbons (Fsp3) is 0. The Bertz CT molecular complexity index is 479. The van der Waals surface area contributed by atoms with Crippen LogP contribution in [0.1, 0.15) is 0 Å². The molecule has 134 valence electrons. The first-order valence-electron chi connectivity index (χ1n) is 2.67. The molecule has 0 aromatic heterocycles. The molecular weight excluding hydrogens is 975 g/mol. The van der Waals surface area contributed by atoms with Gasteiger partial charge in [-0.1, -0.05) is 0 Å². The second kappa shape index (κ2) is 17.1. The van der Waals surface area contributed by atoms with Crippen molar-refractivity contribution in [3.05, 3.63) is 0 Å². The van der Waals surface area contributed by atoms with Crippen molar-refractivity contribution in [2.45, 2.75) is 0 Å². The molecular formula is Mo4O16PuZr-4. The molecule has 22 heteroatoms. The van der Waals surface area contributed by atoms with E-state index in [0.29, 0.717) is 0 Å². The second-order valence-corrected chi connectivity index (χ2v) is 9.66. The van der Waals surface area contributed by atoms with Gasteiger partial charge in [-0.2, -0.15) is 0 Å². The number of hydrogen-bond donors (Lipinski definition) is 0. The summed E-state index contributed by atoms with van der Waals surface area (Å²) in [6.45, 7) is 0. The summed E-state index contributed by atoms with van der Waals surface area (Å²) in [7, 11) is 0. The molecule has 0 saturated heterocycles. The van der Waals surface area contributed by atoms with Gasteiger partial charge in [-0.3, -0.25) is 0 Å². The fourth-order valence-corrected chi connectivity index (χ4v) is 0. The Morgan fingerprint density at radius 3 is 0.364 bits per heavy atom. The summed E-state index contributed by atoms with van der Waals surface area (Å²) in [6.07, 6.45) is 0. The minimum Gasteiger partial charge on any atom is 0 e. The molecule has 0 aliphatic rings. The van der Waals surface area contributed by atoms with Crippen LogP contribution in [0, 0.1) is 29.2 Å². The quantitative estimate of drug-likeness (QED) is 0.204. The van der Waals surface area contributed by atoms with E-state index < -0.39 is 67.0 Å². The number of rotatable bonds is 0. The largest absolute Gasteiger partial charge is 4.00 e. The average Bonchev–Trinajstić information content (AvgIpc) is 1.62. The summed E-state index contributed by atoms with van der Waals surface area (Å²) in [5.41, 5.74) is 0. The van der Waals surface area contributed by atoms with Crippen molar-refractivity contribution >= 4 is 0 Å². The molecule has 0 heterocycles. The van der Waals surface area contributed by atoms with Crippen LogP contribution in [0.15, 0.2) is 0 Å². The standard InChI is InChI=1S/4Mo.16O.Pu.Zr/q;;;;;;;;;;;;8*-1;;+4. The third-order valence-corrected chi connectivity index (χ3v) is 0. The van der Waals surface area contributed by atoms with Crippen LogP contribution in [0.2, 0.25) is 0 Å². The van der Waals surface area contributed by atoms with Crippen molar-refractivity contribution in [2.24, 2.45) is 0 Å². The summed E-state index contributed by atoms with van der Waals surface area (Å²) in [4.78, 5) is 0. The van der Waals surface area contributed by atoms with Crippen molar-refractivity contribution in [1.29, 1.82) is 0 Å². The van der Waals surface area contributed by atoms with Gasteiger partial charge >= 0.3 is 150 Å². The van der Waals surface area contributed by atoms with Gasteiger partial charge in [0.1, 0.15) is 0 Å². The van der Waals surface area contributed by atoms with Crippen LogP contribution in [0.25, 0.3) is 0 Å². The van der Waals surface area contributed by atoms with Crippen LogP contribution < -0.4 is 30.1 Å². The zero-order chi connectivity index (χ0) is 18.0. The molecule has 0 atom stereocenters. The molecule has 0 radical (unpaired) electrons. The van der Waals surface area contributed by atoms with Gasteiger partial charge in [0.15, 0.2) is 0 Å². The molecule has 0 unspecified atom stereocenters. The van der Waals surface area contributed by atoms with Crippen LogP contribution in [0.5, 0.6) is 0 Å². The van der Waals surface area contributed by atoms with Crippen LogP contribution in [0.3, 0.4) is 0 Å². The molecule has 0 spiro atoms. The van der Waals surface area contributed by atoms with Gasteiger partial charge in [0.05, 0.1) is 0 Å². The zero-order valence-corrected chi connectivity index (χ0v) is 23.0. The minimum absolute atomic E-state index is 0. The maximum Gasteiger partial charge on any atom is 4.00 e. The SMILES string of the molecule is [O]=[Mo](=[O])([O-])[O-].[O]=[Mo](=[O])([O-])[O-].[O]=[Mo](=[O])([O-])[O-].[O]=[Mo](=[O])([O-])[O-].[Pu].[Zr+4]. The van der Waals surface area contributed by atoms with Crippen molar-refractivity contribution in [3.8, 4) is 0 Å². The Morgan fingerprint density at radius 2 is 0.364 bits per heavy atom. The van der Waals surface area contributed by atoms with Gasteiger partial charge in [0.2, 0.25) is 0 Å². The van der Waals surface area contributed by atoms with E-state index in [2.05, 4.69) is 0 Å². The van der Waals surface area contributed by atoms with Crippen molar-refractivity contribution in [1.82, 2.24) is 0 Å². The summed E-state index contributed by atoms with van der Waals surface area (Å²) in [5.74, 6) is 0. The maximum absolute atomic E-state index is 8.63. The molecule has 0 bridgehead atoms. The normalized spacial score (nSPS) is 10.5. The van der Waals surface area contributed by atoms with Gasteiger partial charge in [-0.25, -0.2) is 0 Å². The van der Waals surface area contributed by atoms with Gasteiger partial charge in [-0.05, 0) is 0 Å². The fourth-order valence-electron chi connectivity index (χ4n) is 0. The first-order chi connectivity index (χ1) is 8.00. The second-order valence-electron chi connectivity index (χ2n) is 1.63. The van der Waals surface area contributed by atoms with E-state index in [0.717, 1.165) is 0 Å². The zero-order valence-electron chi connectivity index (χ0n) is 9.07. The minimum atomic E-state index is -6.02. The van der Waals surface area contributed by atoms with E-state index in [1.165, 1.54) is 0 Å². The molecule has 0 fully saturated rings. The Morgan fingerprint density at radius 1 is 0.364 bits per heavy atom. The molecule has 0 amide bonds. The average molecular weight is 975 g/mol. The van der Waals surface area contributed by atoms with E-state index in [-0.39, 0.29) is 55.4 Å². The Hall–Kier alpha value is 2.70. The molecule has 16 nitrogen and oxygen atoms in total. The Labute approximate surface area is 176 Å². The van der Waals surface area contributed by atoms with Gasteiger partial charge in [-0.15, -0.1) is 0 Å². The molecule has 0 N–H and O–H groups in total. The van der Waals surface area contributed by atoms with E-state index in [9.17, 15) is 0 Å². The van der Waals surface area contributed by atoms with E-state index in [1.54, 1.807) is 0 Å². The van der Waals surface area contributed by atoms with Crippen LogP contribution in [-0.4, -0.2) is 0 Å². The molecule has 0 rings (SSSR count). The van der Waals surface area contributed by atoms with E-state index in [4.69, 9.17) is 57.3 Å². The predicted octanol–water partition coefficient (Wildman–Crippen LogP) is -10.5. The summed E-state index contributed by atoms with van der Waals surface area (Å²) in [5, 5.41) is 0. The smallest absolute Gasteiger partial charge is 0 e. The molecule has 0 aromatic rings. The van der Waals surface area contributed by atoms with Crippen molar-refractivity contribution in [2.75, 3.05) is 0 Å². The van der Waals surface area contributed by atoms with Gasteiger partial charge < -0.3 is 0 Å². The predicted molar refractivity (Wildman–Crippen MR) is 5.49 cm³/mol. The van der Waals surface area contributed by atoms with Gasteiger partial charge in [0, 0.05) is 29.2 Å². The van der Waals surface area contributed by atoms with Crippen LogP contribution >= 0.6 is 0 Å². The van der Waals surface area contributed by atoms with E-state index >= 15 is 0 Å².